The van der Waals surface area contributed by atoms with Crippen molar-refractivity contribution < 1.29 is 5.11 Å². The Labute approximate surface area is 85.3 Å². The number of rotatable bonds is 3. The van der Waals surface area contributed by atoms with E-state index in [9.17, 15) is 5.11 Å². The molecule has 0 aliphatic rings. The second kappa shape index (κ2) is 4.80. The summed E-state index contributed by atoms with van der Waals surface area (Å²) in [7, 11) is 0. The lowest BCUT2D eigenvalue weighted by atomic mass is 10.1. The number of nitrogens with zero attached hydrogens (tertiary/aromatic N) is 1. The standard InChI is InChI=1S/C12H17NO/c1-4-5-6-13-12-9(2)7-11(14)8-10(12)3/h6-8,14H,4-5H2,1-3H3. The molecule has 0 aliphatic carbocycles. The van der Waals surface area contributed by atoms with Gasteiger partial charge in [-0.1, -0.05) is 13.3 Å². The molecule has 2 heteroatoms. The number of hydrogen-bond acceptors (Lipinski definition) is 2. The van der Waals surface area contributed by atoms with Crippen LogP contribution in [0.5, 0.6) is 5.75 Å². The summed E-state index contributed by atoms with van der Waals surface area (Å²) < 4.78 is 0. The third-order valence-electron chi connectivity index (χ3n) is 2.11. The van der Waals surface area contributed by atoms with Crippen LogP contribution in [-0.4, -0.2) is 11.3 Å². The Hall–Kier alpha value is -1.31. The molecule has 0 radical (unpaired) electrons. The Kier molecular flexibility index (Phi) is 3.69. The lowest BCUT2D eigenvalue weighted by molar-refractivity contribution is 0.474. The van der Waals surface area contributed by atoms with Crippen LogP contribution < -0.4 is 0 Å². The number of hydrogen-bond donors (Lipinski definition) is 1. The number of aryl methyl sites for hydroxylation is 2. The highest BCUT2D eigenvalue weighted by Gasteiger charge is 2.01. The summed E-state index contributed by atoms with van der Waals surface area (Å²) >= 11 is 0. The van der Waals surface area contributed by atoms with Gasteiger partial charge in [0.2, 0.25) is 0 Å². The van der Waals surface area contributed by atoms with E-state index < -0.39 is 0 Å². The fraction of sp³-hybridized carbons (Fsp3) is 0.417. The Morgan fingerprint density at radius 1 is 1.29 bits per heavy atom. The normalized spacial score (nSPS) is 11.1. The van der Waals surface area contributed by atoms with E-state index in [4.69, 9.17) is 0 Å². The van der Waals surface area contributed by atoms with Crippen LogP contribution in [-0.2, 0) is 0 Å². The van der Waals surface area contributed by atoms with Crippen LogP contribution >= 0.6 is 0 Å². The maximum Gasteiger partial charge on any atom is 0.116 e. The maximum absolute atomic E-state index is 9.34. The summed E-state index contributed by atoms with van der Waals surface area (Å²) in [6.45, 7) is 6.05. The van der Waals surface area contributed by atoms with Crippen LogP contribution in [0.3, 0.4) is 0 Å². The molecular formula is C12H17NO. The van der Waals surface area contributed by atoms with Crippen LogP contribution in [0.4, 0.5) is 5.69 Å². The van der Waals surface area contributed by atoms with Crippen molar-refractivity contribution in [1.29, 1.82) is 0 Å². The van der Waals surface area contributed by atoms with Crippen molar-refractivity contribution in [1.82, 2.24) is 0 Å². The van der Waals surface area contributed by atoms with E-state index in [0.29, 0.717) is 5.75 Å². The third-order valence-corrected chi connectivity index (χ3v) is 2.11. The summed E-state index contributed by atoms with van der Waals surface area (Å²) in [6.07, 6.45) is 4.05. The van der Waals surface area contributed by atoms with Crippen molar-refractivity contribution in [2.45, 2.75) is 33.6 Å². The highest BCUT2D eigenvalue weighted by atomic mass is 16.3. The van der Waals surface area contributed by atoms with Crippen molar-refractivity contribution in [2.24, 2.45) is 4.99 Å². The summed E-state index contributed by atoms with van der Waals surface area (Å²) in [5, 5.41) is 9.34. The first-order chi connectivity index (χ1) is 6.65. The summed E-state index contributed by atoms with van der Waals surface area (Å²) in [6, 6.07) is 3.48. The number of benzene rings is 1. The largest absolute Gasteiger partial charge is 0.508 e. The maximum atomic E-state index is 9.34. The molecular weight excluding hydrogens is 174 g/mol. The lowest BCUT2D eigenvalue weighted by Crippen LogP contribution is -1.82. The molecule has 0 fully saturated rings. The molecule has 1 aromatic rings. The van der Waals surface area contributed by atoms with Gasteiger partial charge in [-0.3, -0.25) is 4.99 Å². The van der Waals surface area contributed by atoms with E-state index in [0.717, 1.165) is 29.7 Å². The Morgan fingerprint density at radius 3 is 2.36 bits per heavy atom. The zero-order chi connectivity index (χ0) is 10.6. The van der Waals surface area contributed by atoms with Gasteiger partial charge in [-0.15, -0.1) is 0 Å². The van der Waals surface area contributed by atoms with Gasteiger partial charge < -0.3 is 5.11 Å². The van der Waals surface area contributed by atoms with Gasteiger partial charge in [0.05, 0.1) is 5.69 Å². The molecule has 0 unspecified atom stereocenters. The van der Waals surface area contributed by atoms with E-state index in [-0.39, 0.29) is 0 Å². The second-order valence-electron chi connectivity index (χ2n) is 3.53. The molecule has 0 saturated heterocycles. The van der Waals surface area contributed by atoms with Gasteiger partial charge in [-0.2, -0.15) is 0 Å². The molecule has 0 aliphatic heterocycles. The molecule has 0 aromatic heterocycles. The van der Waals surface area contributed by atoms with E-state index in [1.54, 1.807) is 12.1 Å². The molecule has 2 nitrogen and oxygen atoms in total. The minimum Gasteiger partial charge on any atom is -0.508 e. The van der Waals surface area contributed by atoms with E-state index >= 15 is 0 Å². The number of phenols is 1. The van der Waals surface area contributed by atoms with E-state index in [2.05, 4.69) is 11.9 Å². The predicted octanol–water partition coefficient (Wildman–Crippen LogP) is 3.51. The lowest BCUT2D eigenvalue weighted by Gasteiger charge is -2.05. The molecule has 76 valence electrons. The monoisotopic (exact) mass is 191 g/mol. The van der Waals surface area contributed by atoms with E-state index in [1.807, 2.05) is 20.1 Å². The van der Waals surface area contributed by atoms with Crippen molar-refractivity contribution >= 4 is 11.9 Å². The molecule has 0 bridgehead atoms. The smallest absolute Gasteiger partial charge is 0.116 e. The average Bonchev–Trinajstić information content (AvgIpc) is 2.09. The zero-order valence-corrected chi connectivity index (χ0v) is 9.04. The van der Waals surface area contributed by atoms with Crippen LogP contribution in [0.2, 0.25) is 0 Å². The predicted molar refractivity (Wildman–Crippen MR) is 60.6 cm³/mol. The highest BCUT2D eigenvalue weighted by Crippen LogP contribution is 2.27. The summed E-state index contributed by atoms with van der Waals surface area (Å²) in [5.41, 5.74) is 3.03. The number of aliphatic imine (C=N–C) groups is 1. The molecule has 14 heavy (non-hydrogen) atoms. The Balaban J connectivity index is 2.96. The fourth-order valence-corrected chi connectivity index (χ4v) is 1.42. The Bertz CT molecular complexity index is 319. The summed E-state index contributed by atoms with van der Waals surface area (Å²) in [5.74, 6) is 0.314. The Morgan fingerprint density at radius 2 is 1.86 bits per heavy atom. The molecule has 1 rings (SSSR count). The zero-order valence-electron chi connectivity index (χ0n) is 9.04. The highest BCUT2D eigenvalue weighted by molar-refractivity contribution is 5.67. The fourth-order valence-electron chi connectivity index (χ4n) is 1.42. The van der Waals surface area contributed by atoms with Crippen molar-refractivity contribution in [3.63, 3.8) is 0 Å². The molecule has 1 N–H and O–H groups in total. The van der Waals surface area contributed by atoms with Gasteiger partial charge in [0.15, 0.2) is 0 Å². The van der Waals surface area contributed by atoms with Crippen LogP contribution in [0.1, 0.15) is 30.9 Å². The molecule has 0 heterocycles. The average molecular weight is 191 g/mol. The van der Waals surface area contributed by atoms with Gasteiger partial charge in [0.25, 0.3) is 0 Å². The second-order valence-corrected chi connectivity index (χ2v) is 3.53. The third kappa shape index (κ3) is 2.59. The van der Waals surface area contributed by atoms with E-state index in [1.165, 1.54) is 0 Å². The van der Waals surface area contributed by atoms with Crippen molar-refractivity contribution in [3.8, 4) is 5.75 Å². The van der Waals surface area contributed by atoms with Gasteiger partial charge in [0.1, 0.15) is 5.75 Å². The van der Waals surface area contributed by atoms with Crippen molar-refractivity contribution in [2.75, 3.05) is 0 Å². The molecule has 0 saturated carbocycles. The summed E-state index contributed by atoms with van der Waals surface area (Å²) in [4.78, 5) is 4.40. The first-order valence-electron chi connectivity index (χ1n) is 4.98. The molecule has 0 amide bonds. The van der Waals surface area contributed by atoms with Crippen LogP contribution in [0, 0.1) is 13.8 Å². The first-order valence-corrected chi connectivity index (χ1v) is 4.98. The molecule has 0 atom stereocenters. The number of phenolic OH excluding ortho intramolecular Hbond substituents is 1. The topological polar surface area (TPSA) is 32.6 Å². The van der Waals surface area contributed by atoms with Gasteiger partial charge in [0, 0.05) is 6.21 Å². The molecule has 1 aromatic carbocycles. The van der Waals surface area contributed by atoms with Gasteiger partial charge >= 0.3 is 0 Å². The van der Waals surface area contributed by atoms with Crippen LogP contribution in [0.15, 0.2) is 17.1 Å². The minimum absolute atomic E-state index is 0.314. The number of aromatic hydroxyl groups is 1. The number of unbranched alkanes of at least 4 members (excludes halogenated alkanes) is 1. The minimum atomic E-state index is 0.314. The quantitative estimate of drug-likeness (QED) is 0.728. The van der Waals surface area contributed by atoms with Crippen LogP contribution in [0.25, 0.3) is 0 Å². The van der Waals surface area contributed by atoms with Crippen molar-refractivity contribution in [3.05, 3.63) is 23.3 Å². The molecule has 0 spiro atoms. The SMILES string of the molecule is CCCC=Nc1c(C)cc(O)cc1C. The van der Waals surface area contributed by atoms with Gasteiger partial charge in [-0.05, 0) is 43.5 Å². The first kappa shape index (κ1) is 10.8. The van der Waals surface area contributed by atoms with Gasteiger partial charge in [-0.25, -0.2) is 0 Å².